The lowest BCUT2D eigenvalue weighted by Gasteiger charge is -2.22. The number of fused-ring (bicyclic) bond motifs is 1. The Hall–Kier alpha value is -3.14. The van der Waals surface area contributed by atoms with Crippen LogP contribution in [-0.4, -0.2) is 68.3 Å². The minimum Gasteiger partial charge on any atom is -0.492 e. The highest BCUT2D eigenvalue weighted by molar-refractivity contribution is 5.97. The highest BCUT2D eigenvalue weighted by Crippen LogP contribution is 2.26. The Balaban J connectivity index is 1.78. The van der Waals surface area contributed by atoms with Crippen LogP contribution < -0.4 is 10.9 Å². The smallest absolute Gasteiger partial charge is 0.270 e. The predicted octanol–water partition coefficient (Wildman–Crippen LogP) is 1.71. The number of aromatic hydroxyl groups is 1. The van der Waals surface area contributed by atoms with E-state index in [0.717, 1.165) is 25.7 Å². The molecule has 4 rings (SSSR count). The zero-order valence-electron chi connectivity index (χ0n) is 20.2. The van der Waals surface area contributed by atoms with E-state index < -0.39 is 17.3 Å². The van der Waals surface area contributed by atoms with Crippen molar-refractivity contribution in [1.82, 2.24) is 24.4 Å². The zero-order valence-corrected chi connectivity index (χ0v) is 20.2. The van der Waals surface area contributed by atoms with Gasteiger partial charge in [-0.05, 0) is 44.6 Å². The fourth-order valence-electron chi connectivity index (χ4n) is 4.52. The summed E-state index contributed by atoms with van der Waals surface area (Å²) in [5.74, 6) is -1.13. The van der Waals surface area contributed by atoms with Crippen LogP contribution in [0.2, 0.25) is 0 Å². The number of hydrogen-bond donors (Lipinski definition) is 2. The van der Waals surface area contributed by atoms with E-state index in [9.17, 15) is 19.5 Å². The fourth-order valence-corrected chi connectivity index (χ4v) is 4.52. The van der Waals surface area contributed by atoms with Crippen LogP contribution in [0, 0.1) is 12.8 Å². The van der Waals surface area contributed by atoms with Crippen LogP contribution in [-0.2, 0) is 16.1 Å². The van der Waals surface area contributed by atoms with Crippen molar-refractivity contribution in [3.8, 4) is 5.88 Å². The summed E-state index contributed by atoms with van der Waals surface area (Å²) < 4.78 is 7.94. The lowest BCUT2D eigenvalue weighted by molar-refractivity contribution is -0.127. The second-order valence-corrected chi connectivity index (χ2v) is 9.61. The largest absolute Gasteiger partial charge is 0.492 e. The van der Waals surface area contributed by atoms with E-state index in [0.29, 0.717) is 36.6 Å². The molecule has 2 aromatic heterocycles. The Morgan fingerprint density at radius 2 is 2.03 bits per heavy atom. The summed E-state index contributed by atoms with van der Waals surface area (Å²) in [6, 6.07) is 0.0831. The van der Waals surface area contributed by atoms with Crippen molar-refractivity contribution < 1.29 is 19.4 Å². The summed E-state index contributed by atoms with van der Waals surface area (Å²) in [6.45, 7) is 7.16. The van der Waals surface area contributed by atoms with Crippen molar-refractivity contribution in [2.24, 2.45) is 5.92 Å². The number of rotatable bonds is 8. The van der Waals surface area contributed by atoms with Crippen molar-refractivity contribution in [3.63, 3.8) is 0 Å². The third-order valence-corrected chi connectivity index (χ3v) is 6.32. The van der Waals surface area contributed by atoms with Crippen LogP contribution in [0.4, 0.5) is 0 Å². The number of nitrogens with zero attached hydrogens (tertiary/aromatic N) is 4. The van der Waals surface area contributed by atoms with Crippen molar-refractivity contribution >= 4 is 23.5 Å². The van der Waals surface area contributed by atoms with Gasteiger partial charge in [0.15, 0.2) is 5.56 Å². The van der Waals surface area contributed by atoms with E-state index in [2.05, 4.69) is 10.4 Å². The van der Waals surface area contributed by atoms with Crippen LogP contribution in [0.5, 0.6) is 5.88 Å². The van der Waals surface area contributed by atoms with Crippen LogP contribution in [0.1, 0.15) is 61.1 Å². The average Bonchev–Trinajstić information content (AvgIpc) is 3.35. The molecule has 1 aliphatic heterocycles. The number of carbonyl (C=O) groups is 2. The van der Waals surface area contributed by atoms with Gasteiger partial charge in [0.2, 0.25) is 11.8 Å². The maximum Gasteiger partial charge on any atom is 0.270 e. The van der Waals surface area contributed by atoms with Gasteiger partial charge in [0.1, 0.15) is 5.65 Å². The third-order valence-electron chi connectivity index (χ3n) is 6.32. The summed E-state index contributed by atoms with van der Waals surface area (Å²) in [4.78, 5) is 40.8. The first kappa shape index (κ1) is 24.0. The van der Waals surface area contributed by atoms with Crippen molar-refractivity contribution in [1.29, 1.82) is 0 Å². The van der Waals surface area contributed by atoms with Gasteiger partial charge in [0.25, 0.3) is 11.5 Å². The molecule has 2 N–H and O–H groups in total. The molecule has 1 saturated heterocycles. The standard InChI is InChI=1S/C24H33N5O5/c1-14(2)12-28-22-18(9-10-19(30)27-11-5-6-17(27)13-34-4)15(3)26-29(22)24(33)20(23(28)32)21(31)25-16-7-8-16/h9-10,14,16-17,33H,5-8,11-13H2,1-4H3,(H,25,31)/b10-9+/t17-/m0/s1. The molecule has 2 aromatic rings. The lowest BCUT2D eigenvalue weighted by Crippen LogP contribution is -2.37. The van der Waals surface area contributed by atoms with Crippen LogP contribution in [0.3, 0.4) is 0 Å². The quantitative estimate of drug-likeness (QED) is 0.566. The SMILES string of the molecule is COC[C@@H]1CCCN1C(=O)/C=C/c1c(C)nn2c(O)c(C(=O)NC3CC3)c(=O)n(CC(C)C)c12. The molecule has 1 atom stereocenters. The van der Waals surface area contributed by atoms with E-state index in [1.165, 1.54) is 15.2 Å². The third kappa shape index (κ3) is 4.59. The maximum absolute atomic E-state index is 13.4. The first-order chi connectivity index (χ1) is 16.2. The Kier molecular flexibility index (Phi) is 6.79. The summed E-state index contributed by atoms with van der Waals surface area (Å²) in [5.41, 5.74) is 0.561. The number of aryl methyl sites for hydroxylation is 1. The highest BCUT2D eigenvalue weighted by atomic mass is 16.5. The first-order valence-electron chi connectivity index (χ1n) is 11.9. The second kappa shape index (κ2) is 9.61. The van der Waals surface area contributed by atoms with E-state index in [1.807, 2.05) is 13.8 Å². The molecular formula is C24H33N5O5. The van der Waals surface area contributed by atoms with E-state index in [1.54, 1.807) is 25.0 Å². The number of nitrogens with one attached hydrogen (secondary N) is 1. The topological polar surface area (TPSA) is 118 Å². The van der Waals surface area contributed by atoms with Crippen molar-refractivity contribution in [2.45, 2.75) is 65.1 Å². The molecule has 10 nitrogen and oxygen atoms in total. The number of amides is 2. The van der Waals surface area contributed by atoms with E-state index in [-0.39, 0.29) is 29.5 Å². The Labute approximate surface area is 198 Å². The van der Waals surface area contributed by atoms with Gasteiger partial charge in [-0.25, -0.2) is 0 Å². The molecule has 0 unspecified atom stereocenters. The molecule has 34 heavy (non-hydrogen) atoms. The minimum absolute atomic E-state index is 0.0388. The first-order valence-corrected chi connectivity index (χ1v) is 11.9. The van der Waals surface area contributed by atoms with Crippen molar-refractivity contribution in [2.75, 3.05) is 20.3 Å². The molecular weight excluding hydrogens is 438 g/mol. The van der Waals surface area contributed by atoms with Gasteiger partial charge in [0.05, 0.1) is 18.3 Å². The van der Waals surface area contributed by atoms with Crippen LogP contribution in [0.25, 0.3) is 11.7 Å². The molecule has 0 bridgehead atoms. The van der Waals surface area contributed by atoms with Gasteiger partial charge in [-0.2, -0.15) is 9.61 Å². The maximum atomic E-state index is 13.4. The Morgan fingerprint density at radius 3 is 2.68 bits per heavy atom. The molecule has 2 fully saturated rings. The summed E-state index contributed by atoms with van der Waals surface area (Å²) >= 11 is 0. The lowest BCUT2D eigenvalue weighted by atomic mass is 10.1. The molecule has 184 valence electrons. The molecule has 2 amide bonds. The van der Waals surface area contributed by atoms with Gasteiger partial charge in [-0.1, -0.05) is 13.8 Å². The number of carbonyl (C=O) groups excluding carboxylic acids is 2. The van der Waals surface area contributed by atoms with Gasteiger partial charge >= 0.3 is 0 Å². The average molecular weight is 472 g/mol. The zero-order chi connectivity index (χ0) is 24.6. The monoisotopic (exact) mass is 471 g/mol. The van der Waals surface area contributed by atoms with E-state index >= 15 is 0 Å². The fraction of sp³-hybridized carbons (Fsp3) is 0.583. The van der Waals surface area contributed by atoms with Crippen LogP contribution >= 0.6 is 0 Å². The molecule has 0 aromatic carbocycles. The van der Waals surface area contributed by atoms with Crippen molar-refractivity contribution in [3.05, 3.63) is 33.3 Å². The predicted molar refractivity (Wildman–Crippen MR) is 127 cm³/mol. The summed E-state index contributed by atoms with van der Waals surface area (Å²) in [6.07, 6.45) is 6.67. The minimum atomic E-state index is -0.594. The molecule has 2 aliphatic rings. The van der Waals surface area contributed by atoms with Gasteiger partial charge < -0.3 is 20.1 Å². The molecule has 1 aliphatic carbocycles. The number of aromatic nitrogens is 3. The number of likely N-dealkylation sites (tertiary alicyclic amines) is 1. The molecule has 10 heteroatoms. The second-order valence-electron chi connectivity index (χ2n) is 9.61. The molecule has 0 spiro atoms. The summed E-state index contributed by atoms with van der Waals surface area (Å²) in [5, 5.41) is 18.1. The number of methoxy groups -OCH3 is 1. The van der Waals surface area contributed by atoms with E-state index in [4.69, 9.17) is 4.74 Å². The van der Waals surface area contributed by atoms with Gasteiger partial charge in [-0.15, -0.1) is 0 Å². The molecule has 3 heterocycles. The Bertz CT molecular complexity index is 1190. The number of ether oxygens (including phenoxy) is 1. The molecule has 1 saturated carbocycles. The summed E-state index contributed by atoms with van der Waals surface area (Å²) in [7, 11) is 1.62. The Morgan fingerprint density at radius 1 is 1.29 bits per heavy atom. The molecule has 0 radical (unpaired) electrons. The highest BCUT2D eigenvalue weighted by Gasteiger charge is 2.31. The normalized spacial score (nSPS) is 18.5. The van der Waals surface area contributed by atoms with Gasteiger partial charge in [-0.3, -0.25) is 19.0 Å². The number of hydrogen-bond acceptors (Lipinski definition) is 6. The van der Waals surface area contributed by atoms with Gasteiger partial charge in [0, 0.05) is 37.9 Å². The van der Waals surface area contributed by atoms with Crippen LogP contribution in [0.15, 0.2) is 10.9 Å².